The zero-order valence-corrected chi connectivity index (χ0v) is 17.5. The van der Waals surface area contributed by atoms with E-state index >= 15 is 0 Å². The number of anilines is 2. The van der Waals surface area contributed by atoms with E-state index in [9.17, 15) is 13.2 Å². The van der Waals surface area contributed by atoms with Gasteiger partial charge in [-0.05, 0) is 56.2 Å². The van der Waals surface area contributed by atoms with Crippen molar-refractivity contribution in [2.75, 3.05) is 11.2 Å². The number of ketones is 1. The highest BCUT2D eigenvalue weighted by atomic mass is 32.2. The Bertz CT molecular complexity index is 1250. The number of carbonyl (C=O) groups is 1. The van der Waals surface area contributed by atoms with E-state index in [2.05, 4.69) is 9.97 Å². The van der Waals surface area contributed by atoms with Crippen LogP contribution in [0.25, 0.3) is 11.1 Å². The van der Waals surface area contributed by atoms with Crippen molar-refractivity contribution in [1.82, 2.24) is 9.97 Å². The summed E-state index contributed by atoms with van der Waals surface area (Å²) in [7, 11) is -3.42. The van der Waals surface area contributed by atoms with Gasteiger partial charge in [-0.3, -0.25) is 14.8 Å². The molecule has 0 atom stereocenters. The van der Waals surface area contributed by atoms with E-state index in [1.165, 1.54) is 6.20 Å². The molecule has 0 spiro atoms. The minimum absolute atomic E-state index is 0.0221. The van der Waals surface area contributed by atoms with E-state index in [1.807, 2.05) is 49.9 Å². The Morgan fingerprint density at radius 2 is 1.66 bits per heavy atom. The molecule has 0 aliphatic carbocycles. The van der Waals surface area contributed by atoms with Crippen LogP contribution >= 0.6 is 0 Å². The Morgan fingerprint density at radius 1 is 0.931 bits per heavy atom. The van der Waals surface area contributed by atoms with Crippen LogP contribution in [-0.4, -0.2) is 36.0 Å². The van der Waals surface area contributed by atoms with Crippen molar-refractivity contribution in [3.05, 3.63) is 66.2 Å². The Kier molecular flexibility index (Phi) is 4.31. The Balaban J connectivity index is 1.91. The maximum atomic E-state index is 13.1. The molecule has 0 unspecified atom stereocenters. The average molecular weight is 407 g/mol. The lowest BCUT2D eigenvalue weighted by atomic mass is 9.96. The second-order valence-electron chi connectivity index (χ2n) is 7.86. The summed E-state index contributed by atoms with van der Waals surface area (Å²) in [6.45, 7) is 5.64. The van der Waals surface area contributed by atoms with E-state index in [0.717, 1.165) is 28.6 Å². The maximum Gasteiger partial charge on any atom is 0.190 e. The highest BCUT2D eigenvalue weighted by Gasteiger charge is 2.45. The first kappa shape index (κ1) is 19.3. The molecule has 0 amide bonds. The smallest absolute Gasteiger partial charge is 0.190 e. The summed E-state index contributed by atoms with van der Waals surface area (Å²) in [6.07, 6.45) is 7.62. The van der Waals surface area contributed by atoms with Gasteiger partial charge in [0.25, 0.3) is 0 Å². The minimum atomic E-state index is -3.42. The quantitative estimate of drug-likeness (QED) is 0.654. The second kappa shape index (κ2) is 6.49. The fourth-order valence-corrected chi connectivity index (χ4v) is 4.31. The van der Waals surface area contributed by atoms with Gasteiger partial charge in [0.15, 0.2) is 15.6 Å². The third-order valence-electron chi connectivity index (χ3n) is 5.19. The number of Topliss-reactive ketones (excluding diaryl/α,β-unsaturated/α-hetero) is 1. The first-order valence-corrected chi connectivity index (χ1v) is 11.0. The number of aryl methyl sites for hydroxylation is 1. The number of benzene rings is 1. The van der Waals surface area contributed by atoms with Crippen LogP contribution in [0.4, 0.5) is 11.4 Å². The zero-order valence-electron chi connectivity index (χ0n) is 16.7. The molecule has 0 saturated heterocycles. The number of pyridine rings is 2. The van der Waals surface area contributed by atoms with Crippen molar-refractivity contribution >= 4 is 27.0 Å². The number of aromatic nitrogens is 2. The molecular formula is C22H21N3O3S. The van der Waals surface area contributed by atoms with Crippen molar-refractivity contribution in [1.29, 1.82) is 0 Å². The predicted octanol–water partition coefficient (Wildman–Crippen LogP) is 3.97. The first-order chi connectivity index (χ1) is 13.6. The van der Waals surface area contributed by atoms with Crippen LogP contribution in [0.2, 0.25) is 0 Å². The van der Waals surface area contributed by atoms with Crippen LogP contribution in [0.3, 0.4) is 0 Å². The molecule has 2 aromatic heterocycles. The lowest BCUT2D eigenvalue weighted by Gasteiger charge is -2.32. The summed E-state index contributed by atoms with van der Waals surface area (Å²) in [5.41, 5.74) is 3.95. The lowest BCUT2D eigenvalue weighted by molar-refractivity contribution is 0.0929. The zero-order chi connectivity index (χ0) is 21.0. The lowest BCUT2D eigenvalue weighted by Crippen LogP contribution is -2.42. The standard InChI is InChI=1S/C22H21N3O3S/c1-14-7-16(11-23-10-14)15-5-6-19-20(8-15)25(22(2,3)21(19)26)17-9-18(13-24-12-17)29(4,27)28/h5-13H,1-4H3. The van der Waals surface area contributed by atoms with E-state index < -0.39 is 15.4 Å². The third-order valence-corrected chi connectivity index (χ3v) is 6.27. The van der Waals surface area contributed by atoms with Gasteiger partial charge in [0.05, 0.1) is 22.5 Å². The van der Waals surface area contributed by atoms with Gasteiger partial charge in [0.1, 0.15) is 5.54 Å². The molecule has 148 valence electrons. The summed E-state index contributed by atoms with van der Waals surface area (Å²) in [6, 6.07) is 9.29. The first-order valence-electron chi connectivity index (χ1n) is 9.15. The van der Waals surface area contributed by atoms with Crippen molar-refractivity contribution in [3.63, 3.8) is 0 Å². The summed E-state index contributed by atoms with van der Waals surface area (Å²) >= 11 is 0. The van der Waals surface area contributed by atoms with Gasteiger partial charge < -0.3 is 4.90 Å². The van der Waals surface area contributed by atoms with Crippen molar-refractivity contribution in [3.8, 4) is 11.1 Å². The average Bonchev–Trinajstić information content (AvgIpc) is 2.86. The highest BCUT2D eigenvalue weighted by Crippen LogP contribution is 2.45. The molecule has 0 saturated carbocycles. The maximum absolute atomic E-state index is 13.1. The fourth-order valence-electron chi connectivity index (χ4n) is 3.73. The molecule has 4 rings (SSSR count). The van der Waals surface area contributed by atoms with Crippen molar-refractivity contribution in [2.45, 2.75) is 31.2 Å². The molecule has 7 heteroatoms. The fraction of sp³-hybridized carbons (Fsp3) is 0.227. The minimum Gasteiger partial charge on any atom is -0.326 e. The number of hydrogen-bond acceptors (Lipinski definition) is 6. The number of sulfone groups is 1. The van der Waals surface area contributed by atoms with Gasteiger partial charge in [-0.1, -0.05) is 6.07 Å². The van der Waals surface area contributed by atoms with Crippen molar-refractivity contribution in [2.24, 2.45) is 0 Å². The van der Waals surface area contributed by atoms with Crippen LogP contribution < -0.4 is 4.90 Å². The number of hydrogen-bond donors (Lipinski definition) is 0. The second-order valence-corrected chi connectivity index (χ2v) is 9.87. The molecule has 1 aliphatic rings. The van der Waals surface area contributed by atoms with Crippen LogP contribution in [0.5, 0.6) is 0 Å². The molecule has 0 radical (unpaired) electrons. The largest absolute Gasteiger partial charge is 0.326 e. The van der Waals surface area contributed by atoms with Gasteiger partial charge in [-0.2, -0.15) is 0 Å². The Morgan fingerprint density at radius 3 is 2.34 bits per heavy atom. The number of rotatable bonds is 3. The summed E-state index contributed by atoms with van der Waals surface area (Å²) in [4.78, 5) is 23.4. The molecule has 1 aromatic carbocycles. The van der Waals surface area contributed by atoms with Crippen LogP contribution in [0.1, 0.15) is 29.8 Å². The molecule has 1 aliphatic heterocycles. The van der Waals surface area contributed by atoms with Gasteiger partial charge in [0, 0.05) is 36.0 Å². The van der Waals surface area contributed by atoms with E-state index in [4.69, 9.17) is 0 Å². The highest BCUT2D eigenvalue weighted by molar-refractivity contribution is 7.90. The van der Waals surface area contributed by atoms with Gasteiger partial charge in [-0.25, -0.2) is 8.42 Å². The van der Waals surface area contributed by atoms with Gasteiger partial charge >= 0.3 is 0 Å². The number of nitrogens with zero attached hydrogens (tertiary/aromatic N) is 3. The molecule has 29 heavy (non-hydrogen) atoms. The van der Waals surface area contributed by atoms with E-state index in [-0.39, 0.29) is 10.7 Å². The third kappa shape index (κ3) is 3.21. The van der Waals surface area contributed by atoms with Crippen LogP contribution in [-0.2, 0) is 9.84 Å². The van der Waals surface area contributed by atoms with Crippen LogP contribution in [0, 0.1) is 6.92 Å². The number of fused-ring (bicyclic) bond motifs is 1. The molecule has 3 heterocycles. The van der Waals surface area contributed by atoms with Crippen molar-refractivity contribution < 1.29 is 13.2 Å². The van der Waals surface area contributed by atoms with E-state index in [0.29, 0.717) is 11.3 Å². The topological polar surface area (TPSA) is 80.2 Å². The normalized spacial score (nSPS) is 15.4. The molecule has 0 fully saturated rings. The molecule has 0 N–H and O–H groups in total. The summed E-state index contributed by atoms with van der Waals surface area (Å²) < 4.78 is 24.0. The molecule has 3 aromatic rings. The molecule has 6 nitrogen and oxygen atoms in total. The van der Waals surface area contributed by atoms with Gasteiger partial charge in [0.2, 0.25) is 0 Å². The summed E-state index contributed by atoms with van der Waals surface area (Å²) in [5.74, 6) is -0.0221. The summed E-state index contributed by atoms with van der Waals surface area (Å²) in [5, 5.41) is 0. The van der Waals surface area contributed by atoms with Gasteiger partial charge in [-0.15, -0.1) is 0 Å². The molecule has 0 bridgehead atoms. The Labute approximate surface area is 170 Å². The SMILES string of the molecule is Cc1cncc(-c2ccc3c(c2)N(c2cncc(S(C)(=O)=O)c2)C(C)(C)C3=O)c1. The Hall–Kier alpha value is -3.06. The van der Waals surface area contributed by atoms with Crippen LogP contribution in [0.15, 0.2) is 60.0 Å². The molecular weight excluding hydrogens is 386 g/mol. The monoisotopic (exact) mass is 407 g/mol. The number of carbonyl (C=O) groups excluding carboxylic acids is 1. The predicted molar refractivity (Wildman–Crippen MR) is 112 cm³/mol. The van der Waals surface area contributed by atoms with E-state index in [1.54, 1.807) is 24.7 Å².